The Bertz CT molecular complexity index is 516. The molecule has 0 fully saturated rings. The first-order valence-electron chi connectivity index (χ1n) is 6.96. The van der Waals surface area contributed by atoms with Crippen molar-refractivity contribution in [3.05, 3.63) is 59.5 Å². The fourth-order valence-corrected chi connectivity index (χ4v) is 2.46. The van der Waals surface area contributed by atoms with Crippen molar-refractivity contribution in [1.29, 1.82) is 0 Å². The molecule has 0 radical (unpaired) electrons. The average Bonchev–Trinajstić information content (AvgIpc) is 2.94. The van der Waals surface area contributed by atoms with Crippen LogP contribution in [0.1, 0.15) is 23.5 Å². The third-order valence-corrected chi connectivity index (χ3v) is 3.73. The van der Waals surface area contributed by atoms with Crippen molar-refractivity contribution in [2.24, 2.45) is 0 Å². The molecule has 0 aliphatic rings. The molecule has 0 aliphatic carbocycles. The molecule has 1 N–H and O–H groups in total. The van der Waals surface area contributed by atoms with E-state index >= 15 is 0 Å². The van der Waals surface area contributed by atoms with E-state index in [1.54, 1.807) is 6.07 Å². The molecule has 0 unspecified atom stereocenters. The van der Waals surface area contributed by atoms with E-state index in [1.807, 2.05) is 24.3 Å². The molecule has 114 valence electrons. The van der Waals surface area contributed by atoms with Gasteiger partial charge in [0.2, 0.25) is 0 Å². The van der Waals surface area contributed by atoms with Gasteiger partial charge in [0.15, 0.2) is 0 Å². The highest BCUT2D eigenvalue weighted by molar-refractivity contribution is 7.98. The summed E-state index contributed by atoms with van der Waals surface area (Å²) in [5.74, 6) is -0.748. The van der Waals surface area contributed by atoms with E-state index in [2.05, 4.69) is 17.4 Å². The Labute approximate surface area is 127 Å². The number of aryl methyl sites for hydroxylation is 1. The summed E-state index contributed by atoms with van der Waals surface area (Å²) in [6, 6.07) is 14.0. The van der Waals surface area contributed by atoms with Crippen LogP contribution in [0, 0.1) is 0 Å². The van der Waals surface area contributed by atoms with Crippen LogP contribution in [0.15, 0.2) is 46.9 Å². The fourth-order valence-electron chi connectivity index (χ4n) is 2.01. The molecule has 0 bridgehead atoms. The lowest BCUT2D eigenvalue weighted by Gasteiger charge is -2.03. The Hall–Kier alpha value is -1.33. The molecule has 2 rings (SSSR count). The van der Waals surface area contributed by atoms with E-state index in [-0.39, 0.29) is 5.75 Å². The van der Waals surface area contributed by atoms with Gasteiger partial charge in [-0.25, -0.2) is 0 Å². The van der Waals surface area contributed by atoms with Crippen LogP contribution in [0.2, 0.25) is 0 Å². The zero-order valence-corrected chi connectivity index (χ0v) is 12.5. The highest BCUT2D eigenvalue weighted by Gasteiger charge is 2.07. The molecule has 0 atom stereocenters. The van der Waals surface area contributed by atoms with Crippen molar-refractivity contribution in [2.75, 3.05) is 6.54 Å². The highest BCUT2D eigenvalue weighted by atomic mass is 32.2. The van der Waals surface area contributed by atoms with Crippen molar-refractivity contribution < 1.29 is 13.2 Å². The molecule has 0 saturated carbocycles. The SMILES string of the molecule is FC(F)SCc1ccc(CNCCCc2ccccc2)o1. The van der Waals surface area contributed by atoms with E-state index < -0.39 is 5.76 Å². The van der Waals surface area contributed by atoms with Gasteiger partial charge in [-0.2, -0.15) is 8.78 Å². The number of benzene rings is 1. The van der Waals surface area contributed by atoms with Gasteiger partial charge < -0.3 is 9.73 Å². The minimum Gasteiger partial charge on any atom is -0.464 e. The van der Waals surface area contributed by atoms with Gasteiger partial charge in [0, 0.05) is 0 Å². The molecule has 1 heterocycles. The molecular formula is C16H19F2NOS. The van der Waals surface area contributed by atoms with Gasteiger partial charge in [-0.3, -0.25) is 0 Å². The standard InChI is InChI=1S/C16H19F2NOS/c17-16(18)21-12-15-9-8-14(20-15)11-19-10-4-7-13-5-2-1-3-6-13/h1-3,5-6,8-9,16,19H,4,7,10-12H2. The minimum absolute atomic E-state index is 0.214. The van der Waals surface area contributed by atoms with Gasteiger partial charge in [0.25, 0.3) is 5.76 Å². The van der Waals surface area contributed by atoms with E-state index in [4.69, 9.17) is 4.42 Å². The molecule has 21 heavy (non-hydrogen) atoms. The van der Waals surface area contributed by atoms with Crippen LogP contribution in [0.25, 0.3) is 0 Å². The Balaban J connectivity index is 1.60. The normalized spacial score (nSPS) is 11.2. The summed E-state index contributed by atoms with van der Waals surface area (Å²) in [7, 11) is 0. The summed E-state index contributed by atoms with van der Waals surface area (Å²) in [5, 5.41) is 3.30. The van der Waals surface area contributed by atoms with Crippen molar-refractivity contribution in [3.8, 4) is 0 Å². The second-order valence-corrected chi connectivity index (χ2v) is 5.68. The zero-order valence-electron chi connectivity index (χ0n) is 11.7. The Morgan fingerprint density at radius 1 is 1.05 bits per heavy atom. The third kappa shape index (κ3) is 6.31. The Morgan fingerprint density at radius 3 is 2.57 bits per heavy atom. The van der Waals surface area contributed by atoms with Crippen molar-refractivity contribution in [2.45, 2.75) is 30.9 Å². The quantitative estimate of drug-likeness (QED) is 0.692. The first-order valence-corrected chi connectivity index (χ1v) is 8.01. The number of thioether (sulfide) groups is 1. The maximum Gasteiger partial charge on any atom is 0.284 e. The maximum atomic E-state index is 12.1. The van der Waals surface area contributed by atoms with Crippen LogP contribution in [-0.4, -0.2) is 12.3 Å². The molecular weight excluding hydrogens is 292 g/mol. The van der Waals surface area contributed by atoms with Crippen molar-refractivity contribution >= 4 is 11.8 Å². The maximum absolute atomic E-state index is 12.1. The van der Waals surface area contributed by atoms with E-state index in [0.29, 0.717) is 24.1 Å². The van der Waals surface area contributed by atoms with Crippen molar-refractivity contribution in [3.63, 3.8) is 0 Å². The van der Waals surface area contributed by atoms with Crippen LogP contribution >= 0.6 is 11.8 Å². The van der Waals surface area contributed by atoms with E-state index in [1.165, 1.54) is 5.56 Å². The lowest BCUT2D eigenvalue weighted by atomic mass is 10.1. The largest absolute Gasteiger partial charge is 0.464 e. The molecule has 2 aromatic rings. The molecule has 1 aromatic heterocycles. The second kappa shape index (κ2) is 8.85. The van der Waals surface area contributed by atoms with E-state index in [0.717, 1.165) is 25.1 Å². The molecule has 2 nitrogen and oxygen atoms in total. The molecule has 0 aliphatic heterocycles. The van der Waals surface area contributed by atoms with Crippen molar-refractivity contribution in [1.82, 2.24) is 5.32 Å². The number of hydrogen-bond acceptors (Lipinski definition) is 3. The summed E-state index contributed by atoms with van der Waals surface area (Å²) in [4.78, 5) is 0. The summed E-state index contributed by atoms with van der Waals surface area (Å²) in [6.07, 6.45) is 2.10. The van der Waals surface area contributed by atoms with Crippen LogP contribution in [-0.2, 0) is 18.7 Å². The Morgan fingerprint density at radius 2 is 1.81 bits per heavy atom. The predicted molar refractivity (Wildman–Crippen MR) is 82.5 cm³/mol. The smallest absolute Gasteiger partial charge is 0.284 e. The van der Waals surface area contributed by atoms with Crippen LogP contribution in [0.3, 0.4) is 0 Å². The lowest BCUT2D eigenvalue weighted by molar-refractivity contribution is 0.251. The number of halogens is 2. The van der Waals surface area contributed by atoms with Gasteiger partial charge in [-0.05, 0) is 37.1 Å². The zero-order chi connectivity index (χ0) is 14.9. The van der Waals surface area contributed by atoms with Gasteiger partial charge in [-0.15, -0.1) is 0 Å². The molecule has 5 heteroatoms. The van der Waals surface area contributed by atoms with Crippen LogP contribution < -0.4 is 5.32 Å². The number of nitrogens with one attached hydrogen (secondary N) is 1. The molecule has 0 amide bonds. The van der Waals surface area contributed by atoms with Gasteiger partial charge in [0.1, 0.15) is 11.5 Å². The molecule has 0 spiro atoms. The first-order chi connectivity index (χ1) is 10.2. The first kappa shape index (κ1) is 16.0. The number of furan rings is 1. The molecule has 0 saturated heterocycles. The van der Waals surface area contributed by atoms with Gasteiger partial charge >= 0.3 is 0 Å². The van der Waals surface area contributed by atoms with E-state index in [9.17, 15) is 8.78 Å². The topological polar surface area (TPSA) is 25.2 Å². The van der Waals surface area contributed by atoms with Gasteiger partial charge in [0.05, 0.1) is 12.3 Å². The second-order valence-electron chi connectivity index (χ2n) is 4.71. The predicted octanol–water partition coefficient (Wildman–Crippen LogP) is 4.46. The summed E-state index contributed by atoms with van der Waals surface area (Å²) in [5.41, 5.74) is 1.34. The number of rotatable bonds is 9. The number of hydrogen-bond donors (Lipinski definition) is 1. The minimum atomic E-state index is -2.35. The summed E-state index contributed by atoms with van der Waals surface area (Å²) < 4.78 is 29.6. The summed E-state index contributed by atoms with van der Waals surface area (Å²) in [6.45, 7) is 1.53. The van der Waals surface area contributed by atoms with Gasteiger partial charge in [-0.1, -0.05) is 42.1 Å². The van der Waals surface area contributed by atoms with Crippen LogP contribution in [0.4, 0.5) is 8.78 Å². The Kier molecular flexibility index (Phi) is 6.76. The third-order valence-electron chi connectivity index (χ3n) is 3.03. The molecule has 1 aromatic carbocycles. The summed E-state index contributed by atoms with van der Waals surface area (Å²) >= 11 is 0.580. The number of alkyl halides is 2. The average molecular weight is 311 g/mol. The highest BCUT2D eigenvalue weighted by Crippen LogP contribution is 2.21. The fraction of sp³-hybridized carbons (Fsp3) is 0.375. The van der Waals surface area contributed by atoms with Crippen LogP contribution in [0.5, 0.6) is 0 Å². The monoisotopic (exact) mass is 311 g/mol. The lowest BCUT2D eigenvalue weighted by Crippen LogP contribution is -2.14.